The summed E-state index contributed by atoms with van der Waals surface area (Å²) >= 11 is 0. The van der Waals surface area contributed by atoms with Crippen molar-refractivity contribution in [2.45, 2.75) is 108 Å². The van der Waals surface area contributed by atoms with Crippen molar-refractivity contribution in [3.8, 4) is 18.1 Å². The van der Waals surface area contributed by atoms with Crippen LogP contribution in [0.5, 0.6) is 5.75 Å². The quantitative estimate of drug-likeness (QED) is 0.0245. The normalized spacial score (nSPS) is 20.0. The maximum Gasteiger partial charge on any atom is 0.459 e. The molecule has 54 heavy (non-hydrogen) atoms. The average molecular weight is 765 g/mol. The number of hydrogen-bond acceptors (Lipinski definition) is 11. The standard InChI is InChI=1S/C39H50FN6O7P/c1-3-5-6-7-8-9-10-11-12-19-24-50-37(48)31(25-29-20-15-13-16-21-29)45-54(49,53-30-22-17-14-18-23-30)51-27-39(4-2)32(47)26-33(52-39)46-28-42-34-35(41)43-38(40)44-36(34)46/h2,13-18,20-23,28,31-33,47H,3,5-12,19,24-27H2,1H3,(H,45,49)(H2,41,43,44)/t31-,32-,33+,39+,54?/m0/s1. The Balaban J connectivity index is 1.28. The van der Waals surface area contributed by atoms with Crippen molar-refractivity contribution in [2.75, 3.05) is 18.9 Å². The molecule has 0 spiro atoms. The molecule has 1 fully saturated rings. The summed E-state index contributed by atoms with van der Waals surface area (Å²) in [5.41, 5.74) is 4.93. The Morgan fingerprint density at radius 1 is 1.07 bits per heavy atom. The SMILES string of the molecule is C#C[C@]1(COP(=O)(N[C@@H](Cc2ccccc2)C(=O)OCCCCCCCCCCCC)Oc2ccccc2)O[C@@H](n2cnc3c(N)nc(F)nc32)C[C@@H]1O. The number of hydrogen-bond donors (Lipinski definition) is 3. The molecule has 0 aliphatic carbocycles. The van der Waals surface area contributed by atoms with Crippen LogP contribution in [-0.4, -0.2) is 61.6 Å². The summed E-state index contributed by atoms with van der Waals surface area (Å²) in [5, 5.41) is 14.1. The van der Waals surface area contributed by atoms with E-state index in [0.29, 0.717) is 6.42 Å². The highest BCUT2D eigenvalue weighted by Crippen LogP contribution is 2.48. The number of carbonyl (C=O) groups excluding carboxylic acids is 1. The zero-order chi connectivity index (χ0) is 38.4. The van der Waals surface area contributed by atoms with Gasteiger partial charge < -0.3 is 24.8 Å². The first-order valence-electron chi connectivity index (χ1n) is 18.6. The van der Waals surface area contributed by atoms with Crippen LogP contribution in [0.15, 0.2) is 67.0 Å². The van der Waals surface area contributed by atoms with Gasteiger partial charge in [-0.1, -0.05) is 119 Å². The van der Waals surface area contributed by atoms with E-state index >= 15 is 0 Å². The van der Waals surface area contributed by atoms with E-state index in [0.717, 1.165) is 24.8 Å². The second kappa shape index (κ2) is 19.8. The molecule has 1 aliphatic heterocycles. The average Bonchev–Trinajstić information content (AvgIpc) is 3.74. The van der Waals surface area contributed by atoms with E-state index in [2.05, 4.69) is 32.9 Å². The highest BCUT2D eigenvalue weighted by molar-refractivity contribution is 7.52. The minimum atomic E-state index is -4.47. The molecule has 1 saturated heterocycles. The number of nitrogens with two attached hydrogens (primary N) is 1. The number of para-hydroxylation sites is 1. The number of nitrogens with one attached hydrogen (secondary N) is 1. The number of benzene rings is 2. The first-order chi connectivity index (χ1) is 26.1. The number of aliphatic hydroxyl groups excluding tert-OH is 1. The van der Waals surface area contributed by atoms with Gasteiger partial charge in [-0.25, -0.2) is 9.55 Å². The number of fused-ring (bicyclic) bond motifs is 1. The van der Waals surface area contributed by atoms with Gasteiger partial charge in [0.2, 0.25) is 0 Å². The highest BCUT2D eigenvalue weighted by atomic mass is 31.2. The van der Waals surface area contributed by atoms with Gasteiger partial charge in [0.05, 0.1) is 12.9 Å². The van der Waals surface area contributed by atoms with Gasteiger partial charge in [-0.15, -0.1) is 6.42 Å². The number of nitrogen functional groups attached to an aromatic ring is 1. The van der Waals surface area contributed by atoms with E-state index in [1.165, 1.54) is 49.4 Å². The molecular formula is C39H50FN6O7P. The number of halogens is 1. The monoisotopic (exact) mass is 764 g/mol. The second-order valence-electron chi connectivity index (χ2n) is 13.5. The topological polar surface area (TPSA) is 173 Å². The first-order valence-corrected chi connectivity index (χ1v) is 20.2. The molecule has 0 bridgehead atoms. The van der Waals surface area contributed by atoms with E-state index in [1.54, 1.807) is 30.3 Å². The van der Waals surface area contributed by atoms with E-state index in [9.17, 15) is 18.9 Å². The lowest BCUT2D eigenvalue weighted by atomic mass is 9.99. The Kier molecular flexibility index (Phi) is 15.0. The van der Waals surface area contributed by atoms with Gasteiger partial charge in [0.1, 0.15) is 30.7 Å². The molecule has 290 valence electrons. The fraction of sp³-hybridized carbons (Fsp3) is 0.487. The van der Waals surface area contributed by atoms with Gasteiger partial charge in [-0.3, -0.25) is 13.9 Å². The lowest BCUT2D eigenvalue weighted by Gasteiger charge is -2.30. The molecule has 15 heteroatoms. The number of aromatic nitrogens is 4. The van der Waals surface area contributed by atoms with E-state index in [1.807, 2.05) is 30.3 Å². The molecule has 0 radical (unpaired) electrons. The molecule has 0 saturated carbocycles. The van der Waals surface area contributed by atoms with E-state index < -0.39 is 50.4 Å². The summed E-state index contributed by atoms with van der Waals surface area (Å²) in [6.45, 7) is 1.80. The molecule has 3 heterocycles. The number of carbonyl (C=O) groups is 1. The van der Waals surface area contributed by atoms with Crippen LogP contribution in [0.2, 0.25) is 0 Å². The van der Waals surface area contributed by atoms with Gasteiger partial charge in [-0.05, 0) is 30.5 Å². The first kappa shape index (κ1) is 40.8. The van der Waals surface area contributed by atoms with Crippen LogP contribution in [0.3, 0.4) is 0 Å². The summed E-state index contributed by atoms with van der Waals surface area (Å²) in [7, 11) is -4.47. The Morgan fingerprint density at radius 3 is 2.39 bits per heavy atom. The van der Waals surface area contributed by atoms with Gasteiger partial charge in [0.15, 0.2) is 22.6 Å². The summed E-state index contributed by atoms with van der Waals surface area (Å²) in [6, 6.07) is 16.4. The molecule has 13 nitrogen and oxygen atoms in total. The maximum absolute atomic E-state index is 14.7. The van der Waals surface area contributed by atoms with Crippen molar-refractivity contribution in [1.82, 2.24) is 24.6 Å². The number of rotatable bonds is 22. The lowest BCUT2D eigenvalue weighted by Crippen LogP contribution is -2.44. The number of esters is 1. The number of terminal acetylenes is 1. The van der Waals surface area contributed by atoms with Crippen LogP contribution in [0, 0.1) is 18.4 Å². The Hall–Kier alpha value is -4.38. The number of unbranched alkanes of at least 4 members (excludes halogenated alkanes) is 9. The molecular weight excluding hydrogens is 714 g/mol. The minimum Gasteiger partial charge on any atom is -0.465 e. The molecule has 4 aromatic rings. The van der Waals surface area contributed by atoms with Crippen molar-refractivity contribution in [3.05, 3.63) is 78.6 Å². The molecule has 4 N–H and O–H groups in total. The van der Waals surface area contributed by atoms with Crippen LogP contribution in [-0.2, 0) is 29.8 Å². The number of nitrogens with zero attached hydrogens (tertiary/aromatic N) is 4. The van der Waals surface area contributed by atoms with Crippen molar-refractivity contribution in [2.24, 2.45) is 0 Å². The molecule has 2 aromatic carbocycles. The number of imidazole rings is 1. The molecule has 1 aliphatic rings. The number of anilines is 1. The third kappa shape index (κ3) is 11.1. The lowest BCUT2D eigenvalue weighted by molar-refractivity contribution is -0.146. The Bertz CT molecular complexity index is 1880. The van der Waals surface area contributed by atoms with Crippen molar-refractivity contribution in [1.29, 1.82) is 0 Å². The third-order valence-corrected chi connectivity index (χ3v) is 10.9. The maximum atomic E-state index is 14.7. The molecule has 5 rings (SSSR count). The predicted octanol–water partition coefficient (Wildman–Crippen LogP) is 7.07. The van der Waals surface area contributed by atoms with Crippen LogP contribution in [0.25, 0.3) is 11.2 Å². The van der Waals surface area contributed by atoms with Gasteiger partial charge in [0.25, 0.3) is 0 Å². The zero-order valence-electron chi connectivity index (χ0n) is 30.6. The summed E-state index contributed by atoms with van der Waals surface area (Å²) in [6.07, 6.45) is 15.3. The molecule has 5 atom stereocenters. The fourth-order valence-electron chi connectivity index (χ4n) is 6.32. The van der Waals surface area contributed by atoms with Crippen molar-refractivity contribution in [3.63, 3.8) is 0 Å². The second-order valence-corrected chi connectivity index (χ2v) is 15.1. The van der Waals surface area contributed by atoms with Gasteiger partial charge in [-0.2, -0.15) is 19.4 Å². The Morgan fingerprint density at radius 2 is 1.72 bits per heavy atom. The summed E-state index contributed by atoms with van der Waals surface area (Å²) in [5.74, 6) is 1.84. The molecule has 0 amide bonds. The zero-order valence-corrected chi connectivity index (χ0v) is 31.5. The Labute approximate surface area is 315 Å². The van der Waals surface area contributed by atoms with Crippen LogP contribution < -0.4 is 15.3 Å². The van der Waals surface area contributed by atoms with Crippen molar-refractivity contribution < 1.29 is 37.4 Å². The highest BCUT2D eigenvalue weighted by Gasteiger charge is 2.50. The number of aliphatic hydroxyl groups is 1. The van der Waals surface area contributed by atoms with E-state index in [4.69, 9.17) is 30.7 Å². The third-order valence-electron chi connectivity index (χ3n) is 9.33. The number of ether oxygens (including phenoxy) is 2. The van der Waals surface area contributed by atoms with E-state index in [-0.39, 0.29) is 42.2 Å². The summed E-state index contributed by atoms with van der Waals surface area (Å²) < 4.78 is 53.9. The fourth-order valence-corrected chi connectivity index (χ4v) is 7.84. The molecule has 2 aromatic heterocycles. The minimum absolute atomic E-state index is 0.0331. The predicted molar refractivity (Wildman–Crippen MR) is 203 cm³/mol. The van der Waals surface area contributed by atoms with Crippen LogP contribution in [0.1, 0.15) is 89.3 Å². The van der Waals surface area contributed by atoms with Crippen LogP contribution in [0.4, 0.5) is 10.2 Å². The van der Waals surface area contributed by atoms with Crippen molar-refractivity contribution >= 4 is 30.7 Å². The van der Waals surface area contributed by atoms with Gasteiger partial charge in [0, 0.05) is 6.42 Å². The summed E-state index contributed by atoms with van der Waals surface area (Å²) in [4.78, 5) is 25.1. The largest absolute Gasteiger partial charge is 0.465 e. The van der Waals surface area contributed by atoms with Gasteiger partial charge >= 0.3 is 19.8 Å². The van der Waals surface area contributed by atoms with Crippen LogP contribution >= 0.6 is 7.75 Å². The molecule has 1 unspecified atom stereocenters. The smallest absolute Gasteiger partial charge is 0.459 e.